The number of para-hydroxylation sites is 1. The molecule has 2 heterocycles. The minimum absolute atomic E-state index is 0.124. The predicted octanol–water partition coefficient (Wildman–Crippen LogP) is 3.78. The van der Waals surface area contributed by atoms with Crippen LogP contribution in [0, 0.1) is 6.92 Å². The minimum atomic E-state index is 0.124. The second kappa shape index (κ2) is 4.10. The van der Waals surface area contributed by atoms with Gasteiger partial charge in [0.2, 0.25) is 5.78 Å². The van der Waals surface area contributed by atoms with Crippen molar-refractivity contribution in [1.29, 1.82) is 0 Å². The van der Waals surface area contributed by atoms with Crippen LogP contribution >= 0.6 is 11.3 Å². The van der Waals surface area contributed by atoms with Gasteiger partial charge >= 0.3 is 0 Å². The molecule has 0 bridgehead atoms. The van der Waals surface area contributed by atoms with E-state index in [0.29, 0.717) is 0 Å². The van der Waals surface area contributed by atoms with Gasteiger partial charge in [0.25, 0.3) is 0 Å². The van der Waals surface area contributed by atoms with E-state index in [1.54, 1.807) is 0 Å². The van der Waals surface area contributed by atoms with Crippen molar-refractivity contribution in [3.63, 3.8) is 0 Å². The van der Waals surface area contributed by atoms with Gasteiger partial charge in [0.05, 0.1) is 4.88 Å². The van der Waals surface area contributed by atoms with E-state index in [-0.39, 0.29) is 5.78 Å². The molecule has 0 radical (unpaired) electrons. The van der Waals surface area contributed by atoms with Crippen LogP contribution in [0.15, 0.2) is 41.9 Å². The molecule has 0 unspecified atom stereocenters. The first kappa shape index (κ1) is 11.2. The number of hydrogen-bond acceptors (Lipinski definition) is 2. The van der Waals surface area contributed by atoms with E-state index < -0.39 is 0 Å². The third-order valence-electron chi connectivity index (χ3n) is 3.21. The maximum Gasteiger partial charge on any atom is 0.205 e. The van der Waals surface area contributed by atoms with Crippen LogP contribution in [0.5, 0.6) is 0 Å². The predicted molar refractivity (Wildman–Crippen MR) is 75.4 cm³/mol. The zero-order chi connectivity index (χ0) is 12.7. The molecule has 0 amide bonds. The molecule has 1 aromatic carbocycles. The van der Waals surface area contributed by atoms with E-state index >= 15 is 0 Å². The van der Waals surface area contributed by atoms with Crippen LogP contribution in [0.2, 0.25) is 0 Å². The largest absolute Gasteiger partial charge is 0.350 e. The van der Waals surface area contributed by atoms with Crippen LogP contribution in [-0.2, 0) is 7.05 Å². The van der Waals surface area contributed by atoms with Gasteiger partial charge < -0.3 is 4.57 Å². The molecule has 0 N–H and O–H groups in total. The van der Waals surface area contributed by atoms with Gasteiger partial charge in [-0.2, -0.15) is 0 Å². The Labute approximate surface area is 109 Å². The highest BCUT2D eigenvalue weighted by atomic mass is 32.1. The van der Waals surface area contributed by atoms with Crippen LogP contribution in [0.1, 0.15) is 20.8 Å². The molecule has 0 spiro atoms. The fourth-order valence-corrected chi connectivity index (χ4v) is 3.13. The molecule has 18 heavy (non-hydrogen) atoms. The lowest BCUT2D eigenvalue weighted by Crippen LogP contribution is -1.99. The molecule has 0 aliphatic heterocycles. The first-order valence-corrected chi connectivity index (χ1v) is 6.69. The van der Waals surface area contributed by atoms with Crippen molar-refractivity contribution >= 4 is 28.0 Å². The number of hydrogen-bond donors (Lipinski definition) is 0. The number of ketones is 1. The average molecular weight is 255 g/mol. The van der Waals surface area contributed by atoms with Gasteiger partial charge in [0, 0.05) is 29.7 Å². The molecule has 90 valence electrons. The monoisotopic (exact) mass is 255 g/mol. The van der Waals surface area contributed by atoms with Gasteiger partial charge in [-0.25, -0.2) is 0 Å². The molecule has 0 atom stereocenters. The maximum absolute atomic E-state index is 12.6. The zero-order valence-corrected chi connectivity index (χ0v) is 11.1. The highest BCUT2D eigenvalue weighted by Gasteiger charge is 2.17. The smallest absolute Gasteiger partial charge is 0.205 e. The quantitative estimate of drug-likeness (QED) is 0.639. The number of carbonyl (C=O) groups is 1. The van der Waals surface area contributed by atoms with Gasteiger partial charge in [-0.05, 0) is 30.0 Å². The van der Waals surface area contributed by atoms with E-state index in [1.807, 2.05) is 60.4 Å². The van der Waals surface area contributed by atoms with E-state index in [9.17, 15) is 4.79 Å². The lowest BCUT2D eigenvalue weighted by Gasteiger charge is -1.97. The van der Waals surface area contributed by atoms with E-state index in [2.05, 4.69) is 0 Å². The Morgan fingerprint density at radius 2 is 2.00 bits per heavy atom. The first-order chi connectivity index (χ1) is 8.68. The number of benzene rings is 1. The molecule has 0 aliphatic rings. The fourth-order valence-electron chi connectivity index (χ4n) is 2.25. The summed E-state index contributed by atoms with van der Waals surface area (Å²) in [4.78, 5) is 13.4. The van der Waals surface area contributed by atoms with Crippen molar-refractivity contribution < 1.29 is 4.79 Å². The Bertz CT molecular complexity index is 736. The third-order valence-corrected chi connectivity index (χ3v) is 4.23. The third kappa shape index (κ3) is 1.59. The molecule has 3 heteroatoms. The first-order valence-electron chi connectivity index (χ1n) is 5.81. The summed E-state index contributed by atoms with van der Waals surface area (Å²) in [6.07, 6.45) is 1.92. The van der Waals surface area contributed by atoms with Crippen molar-refractivity contribution in [1.82, 2.24) is 4.57 Å². The van der Waals surface area contributed by atoms with Crippen LogP contribution in [0.3, 0.4) is 0 Å². The highest BCUT2D eigenvalue weighted by molar-refractivity contribution is 7.12. The summed E-state index contributed by atoms with van der Waals surface area (Å²) in [5.41, 5.74) is 2.94. The Kier molecular flexibility index (Phi) is 2.56. The van der Waals surface area contributed by atoms with Gasteiger partial charge in [-0.15, -0.1) is 11.3 Å². The SMILES string of the molecule is Cc1ccsc1C(=O)c1cn(C)c2ccccc12. The van der Waals surface area contributed by atoms with Crippen LogP contribution in [0.25, 0.3) is 10.9 Å². The summed E-state index contributed by atoms with van der Waals surface area (Å²) in [6.45, 7) is 1.98. The molecule has 0 fully saturated rings. The molecular formula is C15H13NOS. The fraction of sp³-hybridized carbons (Fsp3) is 0.133. The van der Waals surface area contributed by atoms with Crippen LogP contribution in [-0.4, -0.2) is 10.4 Å². The molecule has 0 aliphatic carbocycles. The second-order valence-corrected chi connectivity index (χ2v) is 5.35. The van der Waals surface area contributed by atoms with Crippen molar-refractivity contribution in [3.8, 4) is 0 Å². The number of aromatic nitrogens is 1. The van der Waals surface area contributed by atoms with Crippen molar-refractivity contribution in [3.05, 3.63) is 57.9 Å². The summed E-state index contributed by atoms with van der Waals surface area (Å²) < 4.78 is 2.01. The molecule has 0 saturated heterocycles. The van der Waals surface area contributed by atoms with Crippen LogP contribution in [0.4, 0.5) is 0 Å². The van der Waals surface area contributed by atoms with E-state index in [0.717, 1.165) is 26.9 Å². The van der Waals surface area contributed by atoms with E-state index in [4.69, 9.17) is 0 Å². The number of rotatable bonds is 2. The van der Waals surface area contributed by atoms with Gasteiger partial charge in [-0.1, -0.05) is 18.2 Å². The number of aryl methyl sites for hydroxylation is 2. The van der Waals surface area contributed by atoms with Gasteiger partial charge in [0.15, 0.2) is 0 Å². The number of carbonyl (C=O) groups excluding carboxylic acids is 1. The minimum Gasteiger partial charge on any atom is -0.350 e. The number of thiophene rings is 1. The molecule has 0 saturated carbocycles. The number of nitrogens with zero attached hydrogens (tertiary/aromatic N) is 1. The lowest BCUT2D eigenvalue weighted by molar-refractivity contribution is 0.104. The summed E-state index contributed by atoms with van der Waals surface area (Å²) in [6, 6.07) is 10.00. The Hall–Kier alpha value is -1.87. The van der Waals surface area contributed by atoms with Crippen molar-refractivity contribution in [2.45, 2.75) is 6.92 Å². The van der Waals surface area contributed by atoms with E-state index in [1.165, 1.54) is 11.3 Å². The number of fused-ring (bicyclic) bond motifs is 1. The molecular weight excluding hydrogens is 242 g/mol. The molecule has 3 rings (SSSR count). The topological polar surface area (TPSA) is 22.0 Å². The highest BCUT2D eigenvalue weighted by Crippen LogP contribution is 2.26. The summed E-state index contributed by atoms with van der Waals surface area (Å²) in [5.74, 6) is 0.124. The zero-order valence-electron chi connectivity index (χ0n) is 10.3. The molecule has 2 nitrogen and oxygen atoms in total. The normalized spacial score (nSPS) is 11.0. The Balaban J connectivity index is 2.21. The standard InChI is InChI=1S/C15H13NOS/c1-10-7-8-18-15(10)14(17)12-9-16(2)13-6-4-3-5-11(12)13/h3-9H,1-2H3. The maximum atomic E-state index is 12.6. The Morgan fingerprint density at radius 3 is 2.72 bits per heavy atom. The summed E-state index contributed by atoms with van der Waals surface area (Å²) in [7, 11) is 1.97. The average Bonchev–Trinajstić information content (AvgIpc) is 2.94. The molecule has 2 aromatic heterocycles. The van der Waals surface area contributed by atoms with Gasteiger partial charge in [-0.3, -0.25) is 4.79 Å². The van der Waals surface area contributed by atoms with Crippen molar-refractivity contribution in [2.24, 2.45) is 7.05 Å². The summed E-state index contributed by atoms with van der Waals surface area (Å²) in [5, 5.41) is 2.99. The molecule has 3 aromatic rings. The van der Waals surface area contributed by atoms with Gasteiger partial charge in [0.1, 0.15) is 0 Å². The second-order valence-electron chi connectivity index (χ2n) is 4.43. The Morgan fingerprint density at radius 1 is 1.22 bits per heavy atom. The summed E-state index contributed by atoms with van der Waals surface area (Å²) >= 11 is 1.51. The van der Waals surface area contributed by atoms with Crippen LogP contribution < -0.4 is 0 Å². The lowest BCUT2D eigenvalue weighted by atomic mass is 10.1. The van der Waals surface area contributed by atoms with Crippen molar-refractivity contribution in [2.75, 3.05) is 0 Å².